The number of amides is 2. The average Bonchev–Trinajstić information content (AvgIpc) is 2.94. The summed E-state index contributed by atoms with van der Waals surface area (Å²) in [4.78, 5) is 25.2. The van der Waals surface area contributed by atoms with Crippen LogP contribution in [0.4, 0.5) is 0 Å². The highest BCUT2D eigenvalue weighted by Gasteiger charge is 2.25. The molecular formula is C13H20N4O3. The molecule has 1 saturated heterocycles. The first-order chi connectivity index (χ1) is 9.63. The van der Waals surface area contributed by atoms with E-state index < -0.39 is 0 Å². The molecule has 0 radical (unpaired) electrons. The average molecular weight is 280 g/mol. The lowest BCUT2D eigenvalue weighted by Gasteiger charge is -2.30. The maximum atomic E-state index is 11.7. The summed E-state index contributed by atoms with van der Waals surface area (Å²) in [6.07, 6.45) is 3.28. The fraction of sp³-hybridized carbons (Fsp3) is 0.538. The zero-order valence-corrected chi connectivity index (χ0v) is 11.5. The molecule has 0 bridgehead atoms. The molecule has 7 nitrogen and oxygen atoms in total. The Morgan fingerprint density at radius 2 is 2.35 bits per heavy atom. The van der Waals surface area contributed by atoms with Gasteiger partial charge >= 0.3 is 0 Å². The maximum absolute atomic E-state index is 11.7. The first-order valence-electron chi connectivity index (χ1n) is 6.66. The lowest BCUT2D eigenvalue weighted by atomic mass is 9.97. The van der Waals surface area contributed by atoms with E-state index in [2.05, 4.69) is 15.6 Å². The van der Waals surface area contributed by atoms with Crippen LogP contribution in [0.2, 0.25) is 0 Å². The van der Waals surface area contributed by atoms with Crippen LogP contribution in [-0.4, -0.2) is 36.9 Å². The molecule has 2 amide bonds. The van der Waals surface area contributed by atoms with Crippen LogP contribution in [0.15, 0.2) is 16.7 Å². The van der Waals surface area contributed by atoms with E-state index in [1.54, 1.807) is 13.1 Å². The Hall–Kier alpha value is -1.86. The molecule has 7 heteroatoms. The number of rotatable bonds is 4. The first-order valence-corrected chi connectivity index (χ1v) is 6.66. The molecular weight excluding hydrogens is 260 g/mol. The van der Waals surface area contributed by atoms with E-state index in [4.69, 9.17) is 10.3 Å². The Bertz CT molecular complexity index is 486. The summed E-state index contributed by atoms with van der Waals surface area (Å²) < 4.78 is 5.35. The molecule has 110 valence electrons. The van der Waals surface area contributed by atoms with Crippen molar-refractivity contribution in [2.45, 2.75) is 19.4 Å². The van der Waals surface area contributed by atoms with E-state index in [9.17, 15) is 9.59 Å². The second-order valence-electron chi connectivity index (χ2n) is 4.96. The van der Waals surface area contributed by atoms with Crippen LogP contribution in [0.3, 0.4) is 0 Å². The van der Waals surface area contributed by atoms with Crippen LogP contribution in [0.1, 0.15) is 29.0 Å². The minimum Gasteiger partial charge on any atom is -0.467 e. The Morgan fingerprint density at radius 3 is 3.05 bits per heavy atom. The number of carbonyl (C=O) groups excluding carboxylic acids is 2. The predicted octanol–water partition coefficient (Wildman–Crippen LogP) is -0.159. The number of hydrogen-bond donors (Lipinski definition) is 3. The van der Waals surface area contributed by atoms with Gasteiger partial charge in [-0.05, 0) is 25.5 Å². The van der Waals surface area contributed by atoms with E-state index in [0.29, 0.717) is 24.4 Å². The van der Waals surface area contributed by atoms with Crippen molar-refractivity contribution in [3.8, 4) is 0 Å². The smallest absolute Gasteiger partial charge is 0.268 e. The molecule has 2 rings (SSSR count). The number of hydrogen-bond acceptors (Lipinski definition) is 5. The molecule has 1 aliphatic heterocycles. The number of nitrogens with zero attached hydrogens (tertiary/aromatic N) is 1. The number of nitrogen functional groups attached to an aromatic ring is 1. The molecule has 2 heterocycles. The summed E-state index contributed by atoms with van der Waals surface area (Å²) in [7, 11) is 1.66. The van der Waals surface area contributed by atoms with Gasteiger partial charge in [-0.1, -0.05) is 0 Å². The lowest BCUT2D eigenvalue weighted by molar-refractivity contribution is -0.126. The van der Waals surface area contributed by atoms with Crippen LogP contribution in [0.5, 0.6) is 0 Å². The lowest BCUT2D eigenvalue weighted by Crippen LogP contribution is -2.41. The summed E-state index contributed by atoms with van der Waals surface area (Å²) in [6.45, 7) is 2.22. The van der Waals surface area contributed by atoms with Gasteiger partial charge in [0.1, 0.15) is 12.0 Å². The summed E-state index contributed by atoms with van der Waals surface area (Å²) in [5.41, 5.74) is 2.47. The molecule has 0 aliphatic carbocycles. The summed E-state index contributed by atoms with van der Waals surface area (Å²) in [6, 6.07) is 1.67. The number of nitrogens with one attached hydrogen (secondary N) is 2. The predicted molar refractivity (Wildman–Crippen MR) is 72.4 cm³/mol. The van der Waals surface area contributed by atoms with Gasteiger partial charge in [0.25, 0.3) is 5.91 Å². The molecule has 1 aliphatic rings. The third-order valence-electron chi connectivity index (χ3n) is 3.55. The molecule has 20 heavy (non-hydrogen) atoms. The molecule has 0 spiro atoms. The van der Waals surface area contributed by atoms with Crippen molar-refractivity contribution in [3.05, 3.63) is 23.7 Å². The monoisotopic (exact) mass is 280 g/mol. The molecule has 0 aromatic carbocycles. The van der Waals surface area contributed by atoms with Gasteiger partial charge in [-0.25, -0.2) is 5.84 Å². The molecule has 0 saturated carbocycles. The van der Waals surface area contributed by atoms with Crippen LogP contribution < -0.4 is 16.6 Å². The van der Waals surface area contributed by atoms with Crippen molar-refractivity contribution in [1.29, 1.82) is 0 Å². The maximum Gasteiger partial charge on any atom is 0.268 e. The molecule has 1 aromatic heterocycles. The largest absolute Gasteiger partial charge is 0.467 e. The highest BCUT2D eigenvalue weighted by Crippen LogP contribution is 2.19. The van der Waals surface area contributed by atoms with Gasteiger partial charge in [-0.3, -0.25) is 19.9 Å². The molecule has 4 N–H and O–H groups in total. The van der Waals surface area contributed by atoms with Crippen LogP contribution in [0, 0.1) is 5.92 Å². The van der Waals surface area contributed by atoms with Gasteiger partial charge < -0.3 is 9.73 Å². The number of hydrazine groups is 1. The molecule has 1 unspecified atom stereocenters. The number of likely N-dealkylation sites (tertiary alicyclic amines) is 1. The highest BCUT2D eigenvalue weighted by molar-refractivity contribution is 5.93. The van der Waals surface area contributed by atoms with Crippen molar-refractivity contribution in [3.63, 3.8) is 0 Å². The Morgan fingerprint density at radius 1 is 1.55 bits per heavy atom. The van der Waals surface area contributed by atoms with Gasteiger partial charge in [-0.2, -0.15) is 0 Å². The third-order valence-corrected chi connectivity index (χ3v) is 3.55. The second kappa shape index (κ2) is 6.53. The number of furan rings is 1. The normalized spacial score (nSPS) is 19.6. The van der Waals surface area contributed by atoms with Crippen molar-refractivity contribution in [2.24, 2.45) is 11.8 Å². The van der Waals surface area contributed by atoms with E-state index in [1.165, 1.54) is 6.26 Å². The molecule has 1 fully saturated rings. The highest BCUT2D eigenvalue weighted by atomic mass is 16.3. The van der Waals surface area contributed by atoms with E-state index >= 15 is 0 Å². The fourth-order valence-electron chi connectivity index (χ4n) is 2.50. The summed E-state index contributed by atoms with van der Waals surface area (Å²) >= 11 is 0. The van der Waals surface area contributed by atoms with Crippen LogP contribution >= 0.6 is 0 Å². The fourth-order valence-corrected chi connectivity index (χ4v) is 2.50. The van der Waals surface area contributed by atoms with Crippen molar-refractivity contribution >= 4 is 11.8 Å². The summed E-state index contributed by atoms with van der Waals surface area (Å²) in [5.74, 6) is 5.50. The zero-order chi connectivity index (χ0) is 14.5. The topological polar surface area (TPSA) is 101 Å². The first kappa shape index (κ1) is 14.5. The second-order valence-corrected chi connectivity index (χ2v) is 4.96. The zero-order valence-electron chi connectivity index (χ0n) is 11.5. The number of carbonyl (C=O) groups is 2. The van der Waals surface area contributed by atoms with Crippen molar-refractivity contribution in [2.75, 3.05) is 20.1 Å². The van der Waals surface area contributed by atoms with E-state index in [0.717, 1.165) is 19.4 Å². The number of nitrogens with two attached hydrogens (primary N) is 1. The Kier molecular flexibility index (Phi) is 4.75. The van der Waals surface area contributed by atoms with E-state index in [1.807, 2.05) is 0 Å². The van der Waals surface area contributed by atoms with Gasteiger partial charge in [0.05, 0.1) is 18.0 Å². The van der Waals surface area contributed by atoms with Crippen LogP contribution in [-0.2, 0) is 11.3 Å². The minimum atomic E-state index is -0.373. The minimum absolute atomic E-state index is 0.0236. The van der Waals surface area contributed by atoms with Gasteiger partial charge in [-0.15, -0.1) is 0 Å². The molecule has 1 atom stereocenters. The quantitative estimate of drug-likeness (QED) is 0.404. The van der Waals surface area contributed by atoms with Crippen molar-refractivity contribution < 1.29 is 14.0 Å². The van der Waals surface area contributed by atoms with Gasteiger partial charge in [0.15, 0.2) is 0 Å². The Labute approximate surface area is 117 Å². The van der Waals surface area contributed by atoms with Crippen LogP contribution in [0.25, 0.3) is 0 Å². The third kappa shape index (κ3) is 3.37. The standard InChI is InChI=1S/C13H20N4O3/c1-15-12(18)9-3-2-4-17(6-9)7-11-5-10(8-20-11)13(19)16-14/h5,8-9H,2-4,6-7,14H2,1H3,(H,15,18)(H,16,19). The number of piperidine rings is 1. The van der Waals surface area contributed by atoms with E-state index in [-0.39, 0.29) is 17.7 Å². The van der Waals surface area contributed by atoms with Gasteiger partial charge in [0.2, 0.25) is 5.91 Å². The SMILES string of the molecule is CNC(=O)C1CCCN(Cc2cc(C(=O)NN)co2)C1. The Balaban J connectivity index is 1.94. The summed E-state index contributed by atoms with van der Waals surface area (Å²) in [5, 5.41) is 2.69. The molecule has 1 aromatic rings. The van der Waals surface area contributed by atoms with Gasteiger partial charge in [0, 0.05) is 13.6 Å². The van der Waals surface area contributed by atoms with Crippen molar-refractivity contribution in [1.82, 2.24) is 15.6 Å².